The zero-order valence-electron chi connectivity index (χ0n) is 19.8. The Morgan fingerprint density at radius 1 is 1.10 bits per heavy atom. The molecule has 0 saturated carbocycles. The van der Waals surface area contributed by atoms with Crippen LogP contribution in [0.1, 0.15) is 80.5 Å². The summed E-state index contributed by atoms with van der Waals surface area (Å²) in [5.41, 5.74) is 3.03. The van der Waals surface area contributed by atoms with Crippen LogP contribution in [0.15, 0.2) is 30.3 Å². The molecule has 2 heterocycles. The number of Topliss-reactive ketones (excluding diaryl/α,β-unsaturated/α-hetero) is 1. The summed E-state index contributed by atoms with van der Waals surface area (Å²) in [6.45, 7) is 15.7. The third kappa shape index (κ3) is 3.91. The number of carbonyl (C=O) groups is 3. The average Bonchev–Trinajstić information content (AvgIpc) is 3.09. The lowest BCUT2D eigenvalue weighted by Gasteiger charge is -2.24. The molecule has 1 fully saturated rings. The van der Waals surface area contributed by atoms with Crippen LogP contribution in [0.25, 0.3) is 0 Å². The lowest BCUT2D eigenvalue weighted by Crippen LogP contribution is -2.41. The molecule has 0 spiro atoms. The maximum absolute atomic E-state index is 13.2. The molecular formula is C25H33N3O3. The van der Waals surface area contributed by atoms with Crippen molar-refractivity contribution in [1.29, 1.82) is 0 Å². The molecule has 0 bridgehead atoms. The van der Waals surface area contributed by atoms with Crippen LogP contribution in [0.4, 0.5) is 4.79 Å². The molecule has 3 amide bonds. The molecule has 1 aliphatic rings. The number of nitrogens with zero attached hydrogens (tertiary/aromatic N) is 2. The van der Waals surface area contributed by atoms with Crippen molar-refractivity contribution in [2.75, 3.05) is 6.54 Å². The highest BCUT2D eigenvalue weighted by Crippen LogP contribution is 2.31. The van der Waals surface area contributed by atoms with Crippen LogP contribution < -0.4 is 5.32 Å². The first kappa shape index (κ1) is 22.8. The van der Waals surface area contributed by atoms with Gasteiger partial charge in [0.1, 0.15) is 5.54 Å². The minimum absolute atomic E-state index is 0.0107. The fourth-order valence-electron chi connectivity index (χ4n) is 4.42. The summed E-state index contributed by atoms with van der Waals surface area (Å²) in [5, 5.41) is 2.79. The summed E-state index contributed by atoms with van der Waals surface area (Å²) in [4.78, 5) is 40.0. The van der Waals surface area contributed by atoms with Crippen LogP contribution in [0, 0.1) is 13.8 Å². The predicted octanol–water partition coefficient (Wildman–Crippen LogP) is 4.63. The van der Waals surface area contributed by atoms with E-state index in [0.717, 1.165) is 21.9 Å². The molecule has 1 N–H and O–H groups in total. The van der Waals surface area contributed by atoms with Gasteiger partial charge in [0.15, 0.2) is 5.78 Å². The summed E-state index contributed by atoms with van der Waals surface area (Å²) < 4.78 is 2.08. The van der Waals surface area contributed by atoms with E-state index in [1.165, 1.54) is 0 Å². The van der Waals surface area contributed by atoms with E-state index >= 15 is 0 Å². The Bertz CT molecular complexity index is 1040. The highest BCUT2D eigenvalue weighted by molar-refractivity contribution is 6.11. The molecule has 0 aliphatic carbocycles. The minimum Gasteiger partial charge on any atom is -0.346 e. The Morgan fingerprint density at radius 2 is 1.68 bits per heavy atom. The number of hydrogen-bond acceptors (Lipinski definition) is 3. The van der Waals surface area contributed by atoms with Crippen LogP contribution in [-0.4, -0.2) is 33.7 Å². The van der Waals surface area contributed by atoms with Gasteiger partial charge in [-0.25, -0.2) is 4.79 Å². The topological polar surface area (TPSA) is 71.4 Å². The quantitative estimate of drug-likeness (QED) is 0.563. The zero-order chi connectivity index (χ0) is 23.3. The molecule has 1 aromatic heterocycles. The molecule has 31 heavy (non-hydrogen) atoms. The van der Waals surface area contributed by atoms with Crippen molar-refractivity contribution in [2.45, 2.75) is 72.4 Å². The Balaban J connectivity index is 1.85. The maximum atomic E-state index is 13.2. The van der Waals surface area contributed by atoms with Gasteiger partial charge in [0.2, 0.25) is 0 Å². The summed E-state index contributed by atoms with van der Waals surface area (Å²) in [7, 11) is 0. The number of hydrogen-bond donors (Lipinski definition) is 1. The molecule has 1 saturated heterocycles. The van der Waals surface area contributed by atoms with E-state index in [0.29, 0.717) is 11.1 Å². The Hall–Kier alpha value is -2.89. The SMILES string of the molecule is Cc1cc(C(=O)CN2C(=O)NC(C)(c3ccc(C(C)(C)C)cc3)C2=O)c(C)n1C(C)C. The number of aryl methyl sites for hydroxylation is 1. The van der Waals surface area contributed by atoms with Crippen LogP contribution in [0.2, 0.25) is 0 Å². The van der Waals surface area contributed by atoms with Gasteiger partial charge in [-0.15, -0.1) is 0 Å². The average molecular weight is 424 g/mol. The number of benzene rings is 1. The van der Waals surface area contributed by atoms with Crippen molar-refractivity contribution in [3.05, 3.63) is 58.4 Å². The van der Waals surface area contributed by atoms with E-state index in [1.54, 1.807) is 6.92 Å². The molecule has 2 aromatic rings. The zero-order valence-corrected chi connectivity index (χ0v) is 19.8. The highest BCUT2D eigenvalue weighted by atomic mass is 16.2. The van der Waals surface area contributed by atoms with E-state index in [1.807, 2.05) is 44.2 Å². The van der Waals surface area contributed by atoms with Gasteiger partial charge < -0.3 is 9.88 Å². The number of aromatic nitrogens is 1. The first-order valence-corrected chi connectivity index (χ1v) is 10.7. The van der Waals surface area contributed by atoms with Crippen molar-refractivity contribution in [3.63, 3.8) is 0 Å². The second-order valence-electron chi connectivity index (χ2n) is 9.95. The first-order chi connectivity index (χ1) is 14.3. The molecular weight excluding hydrogens is 390 g/mol. The molecule has 166 valence electrons. The van der Waals surface area contributed by atoms with Crippen LogP contribution >= 0.6 is 0 Å². The molecule has 3 rings (SSSR count). The molecule has 6 heteroatoms. The number of carbonyl (C=O) groups excluding carboxylic acids is 3. The van der Waals surface area contributed by atoms with Gasteiger partial charge in [0, 0.05) is 23.0 Å². The van der Waals surface area contributed by atoms with Gasteiger partial charge in [-0.1, -0.05) is 45.0 Å². The van der Waals surface area contributed by atoms with Crippen LogP contribution in [-0.2, 0) is 15.7 Å². The third-order valence-electron chi connectivity index (χ3n) is 6.21. The lowest BCUT2D eigenvalue weighted by atomic mass is 9.84. The van der Waals surface area contributed by atoms with Crippen molar-refractivity contribution < 1.29 is 14.4 Å². The van der Waals surface area contributed by atoms with E-state index in [2.05, 4.69) is 44.5 Å². The van der Waals surface area contributed by atoms with Crippen molar-refractivity contribution in [3.8, 4) is 0 Å². The number of imide groups is 1. The largest absolute Gasteiger partial charge is 0.346 e. The van der Waals surface area contributed by atoms with Gasteiger partial charge in [-0.3, -0.25) is 14.5 Å². The van der Waals surface area contributed by atoms with Gasteiger partial charge in [-0.2, -0.15) is 0 Å². The smallest absolute Gasteiger partial charge is 0.325 e. The van der Waals surface area contributed by atoms with Gasteiger partial charge in [0.25, 0.3) is 5.91 Å². The normalized spacial score (nSPS) is 19.3. The number of nitrogens with one attached hydrogen (secondary N) is 1. The predicted molar refractivity (Wildman–Crippen MR) is 121 cm³/mol. The van der Waals surface area contributed by atoms with E-state index in [-0.39, 0.29) is 23.8 Å². The number of ketones is 1. The van der Waals surface area contributed by atoms with Crippen LogP contribution in [0.5, 0.6) is 0 Å². The molecule has 1 aromatic carbocycles. The number of amides is 3. The molecule has 0 radical (unpaired) electrons. The maximum Gasteiger partial charge on any atom is 0.325 e. The van der Waals surface area contributed by atoms with Crippen molar-refractivity contribution in [1.82, 2.24) is 14.8 Å². The molecule has 6 nitrogen and oxygen atoms in total. The van der Waals surface area contributed by atoms with E-state index in [4.69, 9.17) is 0 Å². The minimum atomic E-state index is -1.19. The fraction of sp³-hybridized carbons (Fsp3) is 0.480. The third-order valence-corrected chi connectivity index (χ3v) is 6.21. The summed E-state index contributed by atoms with van der Waals surface area (Å²) in [5.74, 6) is -0.650. The van der Waals surface area contributed by atoms with E-state index in [9.17, 15) is 14.4 Å². The van der Waals surface area contributed by atoms with Gasteiger partial charge in [0.05, 0.1) is 6.54 Å². The second-order valence-corrected chi connectivity index (χ2v) is 9.95. The lowest BCUT2D eigenvalue weighted by molar-refractivity contribution is -0.130. The monoisotopic (exact) mass is 423 g/mol. The summed E-state index contributed by atoms with van der Waals surface area (Å²) >= 11 is 0. The second kappa shape index (κ2) is 7.66. The van der Waals surface area contributed by atoms with Crippen molar-refractivity contribution in [2.24, 2.45) is 0 Å². The fourth-order valence-corrected chi connectivity index (χ4v) is 4.42. The number of rotatable bonds is 5. The highest BCUT2D eigenvalue weighted by Gasteiger charge is 2.49. The molecule has 1 atom stereocenters. The Labute approximate surface area is 184 Å². The van der Waals surface area contributed by atoms with Gasteiger partial charge >= 0.3 is 6.03 Å². The molecule has 1 aliphatic heterocycles. The van der Waals surface area contributed by atoms with Crippen LogP contribution in [0.3, 0.4) is 0 Å². The standard InChI is InChI=1S/C25H33N3O3/c1-15(2)28-16(3)13-20(17(28)4)21(29)14-27-22(30)25(8,26-23(27)31)19-11-9-18(10-12-19)24(5,6)7/h9-13,15H,14H2,1-8H3,(H,26,31). The van der Waals surface area contributed by atoms with E-state index < -0.39 is 17.5 Å². The molecule has 1 unspecified atom stereocenters. The number of urea groups is 1. The Kier molecular flexibility index (Phi) is 5.63. The Morgan fingerprint density at radius 3 is 2.16 bits per heavy atom. The summed E-state index contributed by atoms with van der Waals surface area (Å²) in [6, 6.07) is 9.22. The van der Waals surface area contributed by atoms with Gasteiger partial charge in [-0.05, 0) is 57.2 Å². The van der Waals surface area contributed by atoms with Crippen molar-refractivity contribution >= 4 is 17.7 Å². The first-order valence-electron chi connectivity index (χ1n) is 10.7. The summed E-state index contributed by atoms with van der Waals surface area (Å²) in [6.07, 6.45) is 0.